The van der Waals surface area contributed by atoms with Gasteiger partial charge in [0.25, 0.3) is 0 Å². The summed E-state index contributed by atoms with van der Waals surface area (Å²) >= 11 is 0. The average molecular weight is 1800 g/mol. The minimum absolute atomic E-state index is 0.174. The minimum Gasteiger partial charge on any atom is -0.456 e. The molecule has 0 spiro atoms. The van der Waals surface area contributed by atoms with Gasteiger partial charge in [-0.3, -0.25) is 0 Å². The van der Waals surface area contributed by atoms with E-state index < -0.39 is 77.9 Å². The summed E-state index contributed by atoms with van der Waals surface area (Å²) in [5.41, 5.74) is 12.9. The van der Waals surface area contributed by atoms with E-state index in [0.717, 1.165) is 141 Å². The molecule has 0 fully saturated rings. The normalized spacial score (nSPS) is 15.0. The Morgan fingerprint density at radius 3 is 0.864 bits per heavy atom. The molecule has 3 heterocycles. The number of hydrogen-bond donors (Lipinski definition) is 0. The van der Waals surface area contributed by atoms with Crippen LogP contribution in [-0.2, 0) is 5.41 Å². The highest BCUT2D eigenvalue weighted by Crippen LogP contribution is 2.57. The highest BCUT2D eigenvalue weighted by molar-refractivity contribution is 6.32. The molecule has 0 saturated heterocycles. The van der Waals surface area contributed by atoms with Crippen LogP contribution in [0.3, 0.4) is 0 Å². The Labute approximate surface area is 839 Å². The molecule has 0 saturated carbocycles. The summed E-state index contributed by atoms with van der Waals surface area (Å²) in [6.07, 6.45) is 0. The first-order valence-corrected chi connectivity index (χ1v) is 46.6. The fourth-order valence-electron chi connectivity index (χ4n) is 23.0. The number of fused-ring (bicyclic) bond motifs is 32. The van der Waals surface area contributed by atoms with E-state index in [1.807, 2.05) is 291 Å². The molecule has 31 rings (SSSR count). The zero-order valence-electron chi connectivity index (χ0n) is 98.9. The van der Waals surface area contributed by atoms with Gasteiger partial charge in [-0.1, -0.05) is 420 Å². The van der Waals surface area contributed by atoms with Gasteiger partial charge in [0.2, 0.25) is 0 Å². The van der Waals surface area contributed by atoms with Gasteiger partial charge in [0, 0.05) is 37.7 Å². The van der Waals surface area contributed by atoms with E-state index in [4.69, 9.17) is 29.7 Å². The number of benzene rings is 27. The van der Waals surface area contributed by atoms with Crippen LogP contribution < -0.4 is 0 Å². The maximum absolute atomic E-state index is 9.56. The maximum Gasteiger partial charge on any atom is 0.136 e. The quantitative estimate of drug-likeness (QED) is 0.123. The van der Waals surface area contributed by atoms with E-state index in [0.29, 0.717) is 100 Å². The summed E-state index contributed by atoms with van der Waals surface area (Å²) in [5.74, 6) is 0. The van der Waals surface area contributed by atoms with Crippen LogP contribution in [-0.4, -0.2) is 0 Å². The lowest BCUT2D eigenvalue weighted by Crippen LogP contribution is -2.16. The zero-order chi connectivity index (χ0) is 113. The third-order valence-corrected chi connectivity index (χ3v) is 29.0. The van der Waals surface area contributed by atoms with Crippen LogP contribution in [0.2, 0.25) is 0 Å². The van der Waals surface area contributed by atoms with Crippen molar-refractivity contribution in [1.82, 2.24) is 0 Å². The molecular formula is C137H84O3. The van der Waals surface area contributed by atoms with Gasteiger partial charge in [-0.2, -0.15) is 0 Å². The largest absolute Gasteiger partial charge is 0.456 e. The smallest absolute Gasteiger partial charge is 0.136 e. The first-order valence-electron chi connectivity index (χ1n) is 58.6. The second-order valence-corrected chi connectivity index (χ2v) is 36.6. The Kier molecular flexibility index (Phi) is 13.1. The van der Waals surface area contributed by atoms with E-state index >= 15 is 0 Å². The second kappa shape index (κ2) is 31.0. The van der Waals surface area contributed by atoms with Crippen molar-refractivity contribution in [3.05, 3.63) is 484 Å². The molecular weight excluding hydrogens is 1690 g/mol. The van der Waals surface area contributed by atoms with Gasteiger partial charge in [0.05, 0.1) is 32.9 Å². The van der Waals surface area contributed by atoms with Gasteiger partial charge in [-0.25, -0.2) is 0 Å². The van der Waals surface area contributed by atoms with E-state index in [1.54, 1.807) is 12.1 Å². The summed E-state index contributed by atoms with van der Waals surface area (Å²) in [4.78, 5) is 0. The van der Waals surface area contributed by atoms with E-state index in [2.05, 4.69) is 38.1 Å². The molecule has 1 aliphatic carbocycles. The van der Waals surface area contributed by atoms with Crippen molar-refractivity contribution in [3.63, 3.8) is 0 Å². The zero-order valence-corrected chi connectivity index (χ0v) is 74.9. The van der Waals surface area contributed by atoms with Gasteiger partial charge < -0.3 is 13.3 Å². The third-order valence-electron chi connectivity index (χ3n) is 29.0. The lowest BCUT2D eigenvalue weighted by atomic mass is 9.77. The van der Waals surface area contributed by atoms with Gasteiger partial charge in [0.15, 0.2) is 0 Å². The molecule has 0 amide bonds. The highest BCUT2D eigenvalue weighted by atomic mass is 16.3. The predicted molar refractivity (Wildman–Crippen MR) is 596 cm³/mol. The van der Waals surface area contributed by atoms with E-state index in [-0.39, 0.29) is 137 Å². The van der Waals surface area contributed by atoms with E-state index in [1.165, 1.54) is 0 Å². The molecule has 140 heavy (non-hydrogen) atoms. The summed E-state index contributed by atoms with van der Waals surface area (Å²) < 4.78 is 239. The van der Waals surface area contributed by atoms with Crippen LogP contribution in [0.25, 0.3) is 295 Å². The second-order valence-electron chi connectivity index (χ2n) is 36.6. The van der Waals surface area contributed by atoms with Crippen LogP contribution in [0.4, 0.5) is 0 Å². The topological polar surface area (TPSA) is 39.4 Å². The predicted octanol–water partition coefficient (Wildman–Crippen LogP) is 39.2. The Morgan fingerprint density at radius 2 is 0.450 bits per heavy atom. The summed E-state index contributed by atoms with van der Waals surface area (Å²) in [7, 11) is 0. The monoisotopic (exact) mass is 1800 g/mol. The molecule has 650 valence electrons. The van der Waals surface area contributed by atoms with Crippen LogP contribution in [0, 0.1) is 0 Å². The third kappa shape index (κ3) is 12.0. The number of furan rings is 3. The summed E-state index contributed by atoms with van der Waals surface area (Å²) in [6.45, 7) is 4.25. The van der Waals surface area contributed by atoms with Gasteiger partial charge in [-0.05, 0) is 307 Å². The maximum atomic E-state index is 9.56. The van der Waals surface area contributed by atoms with Crippen molar-refractivity contribution in [2.75, 3.05) is 0 Å². The van der Waals surface area contributed by atoms with Crippen LogP contribution in [0.5, 0.6) is 0 Å². The SMILES string of the molecule is [2H]c1c([2H])c([2H])c2c(-c3cc4ccc5ccccc5c4c4ccccc34)c3c([2H])c([2H])c([2H])c([2H])c3c(-c3ccc4oc5ccc6ccccc6c5c4c3)c2c1[2H].[2H]c1c([2H])c([2H])c2c(-c3ccc4oc5ccc6ccccc6c5c4c3)c3c([2H])c([2H])c([2H])c([2H])c3c(-c3ccc4c(ccc5ccccc54)c3)c2c1[2H].[2H]c1c([2H])c([2H])c2c(-c3cccc4c3C(C)(C)c3ccccc3-4)c3c([2H])c([2H])c([2H])c([2H])c3c(-c3ccc4oc5ccc6ccccc6c5c4c3)c2c1[2H]. The average Bonchev–Trinajstić information content (AvgIpc) is 0.917. The molecule has 3 heteroatoms. The Balaban J connectivity index is 0.000000112. The van der Waals surface area contributed by atoms with Gasteiger partial charge in [0.1, 0.15) is 33.5 Å². The first-order chi connectivity index (χ1) is 79.2. The van der Waals surface area contributed by atoms with Crippen molar-refractivity contribution in [2.24, 2.45) is 0 Å². The molecule has 0 atom stereocenters. The van der Waals surface area contributed by atoms with Crippen molar-refractivity contribution in [3.8, 4) is 77.9 Å². The molecule has 0 unspecified atom stereocenters. The lowest BCUT2D eigenvalue weighted by Gasteiger charge is -2.26. The van der Waals surface area contributed by atoms with Crippen molar-refractivity contribution in [1.29, 1.82) is 0 Å². The van der Waals surface area contributed by atoms with Gasteiger partial charge in [-0.15, -0.1) is 0 Å². The standard InChI is InChI=1S/C48H28O.C45H30O.C44H26O/c1-3-13-33-29(11-1)21-22-31-27-41(35-15-5-6-16-36(35)45(31)33)47-39-19-9-7-17-37(39)46(38-18-8-10-20-40(38)47)32-24-25-43-42(28-32)48-34-14-4-2-12-30(34)23-26-44(48)49-43;1-45(2)38-21-10-9-14-30(38)35-19-11-20-36(44(35)45)42-33-17-7-5-15-31(33)41(32-16-6-8-18-34(32)42)28-23-24-39-37(26-28)43-29-13-4-3-12-27(29)22-25-40(43)46-39;1-3-11-32-27(9-1)17-18-29-25-30(19-22-33(29)32)42-35-13-5-7-15-37(35)43(38-16-8-6-14-36(38)42)31-21-23-40-39(26-31)44-34-12-4-2-10-28(34)20-24-41(44)45-40/h1-28H;3-26H,1-2H3;1-26H/i7D,8D,9D,10D,17D,18D,19D,20D;5D,6D,7D,8D,15D,16D,17D,18D;5D,6D,7D,8D,13D,14D,15D,16D. The Morgan fingerprint density at radius 1 is 0.171 bits per heavy atom. The molecule has 3 nitrogen and oxygen atoms in total. The molecule has 0 N–H and O–H groups in total. The highest BCUT2D eigenvalue weighted by Gasteiger charge is 2.38. The summed E-state index contributed by atoms with van der Waals surface area (Å²) in [5, 5.41) is 23.0. The van der Waals surface area contributed by atoms with Crippen LogP contribution in [0.1, 0.15) is 57.9 Å². The fourth-order valence-corrected chi connectivity index (χ4v) is 23.0. The Hall–Kier alpha value is -18.0. The fraction of sp³-hybridized carbons (Fsp3) is 0.0219. The molecule has 0 aliphatic heterocycles. The number of rotatable bonds is 6. The molecule has 30 aromatic rings. The molecule has 0 bridgehead atoms. The molecule has 27 aromatic carbocycles. The summed E-state index contributed by atoms with van der Waals surface area (Å²) in [6, 6.07) is 97.9. The van der Waals surface area contributed by atoms with Gasteiger partial charge >= 0.3 is 0 Å². The van der Waals surface area contributed by atoms with Crippen LogP contribution >= 0.6 is 0 Å². The van der Waals surface area contributed by atoms with Crippen molar-refractivity contribution in [2.45, 2.75) is 19.3 Å². The van der Waals surface area contributed by atoms with Crippen LogP contribution in [0.15, 0.2) is 486 Å². The number of hydrogen-bond acceptors (Lipinski definition) is 3. The molecule has 3 aromatic heterocycles. The Bertz CT molecular complexity index is 12000. The minimum atomic E-state index is -0.535. The lowest BCUT2D eigenvalue weighted by molar-refractivity contribution is 0.662. The van der Waals surface area contributed by atoms with Crippen molar-refractivity contribution < 1.29 is 46.1 Å². The van der Waals surface area contributed by atoms with Crippen molar-refractivity contribution >= 4 is 217 Å². The van der Waals surface area contributed by atoms with E-state index in [9.17, 15) is 16.4 Å². The molecule has 0 radical (unpaired) electrons. The molecule has 1 aliphatic rings. The first kappa shape index (κ1) is 59.0.